The molecule has 1 heterocycles. The smallest absolute Gasteiger partial charge is 0.0914 e. The van der Waals surface area contributed by atoms with E-state index in [1.54, 1.807) is 12.1 Å². The first kappa shape index (κ1) is 16.0. The molecule has 5 heteroatoms. The van der Waals surface area contributed by atoms with E-state index in [4.69, 9.17) is 11.6 Å². The number of benzene rings is 1. The van der Waals surface area contributed by atoms with Crippen molar-refractivity contribution in [3.8, 4) is 0 Å². The van der Waals surface area contributed by atoms with Gasteiger partial charge >= 0.3 is 0 Å². The number of aliphatic hydroxyl groups is 1. The Kier molecular flexibility index (Phi) is 5.39. The van der Waals surface area contributed by atoms with Crippen molar-refractivity contribution in [2.45, 2.75) is 39.0 Å². The van der Waals surface area contributed by atoms with Crippen LogP contribution in [-0.4, -0.2) is 21.4 Å². The predicted octanol–water partition coefficient (Wildman–Crippen LogP) is 3.50. The van der Waals surface area contributed by atoms with Crippen molar-refractivity contribution >= 4 is 11.6 Å². The Hall–Kier alpha value is -1.36. The third-order valence-corrected chi connectivity index (χ3v) is 3.77. The molecule has 0 aliphatic rings. The van der Waals surface area contributed by atoms with Crippen molar-refractivity contribution in [3.05, 3.63) is 52.8 Å². The second-order valence-electron chi connectivity index (χ2n) is 5.54. The molecule has 2 N–H and O–H groups in total. The van der Waals surface area contributed by atoms with Gasteiger partial charge in [-0.05, 0) is 38.5 Å². The Labute approximate surface area is 130 Å². The van der Waals surface area contributed by atoms with E-state index in [-0.39, 0.29) is 6.04 Å². The zero-order valence-corrected chi connectivity index (χ0v) is 13.4. The van der Waals surface area contributed by atoms with Crippen molar-refractivity contribution in [3.63, 3.8) is 0 Å². The molecule has 2 unspecified atom stereocenters. The summed E-state index contributed by atoms with van der Waals surface area (Å²) in [4.78, 5) is 0. The van der Waals surface area contributed by atoms with Gasteiger partial charge in [0, 0.05) is 35.4 Å². The van der Waals surface area contributed by atoms with Gasteiger partial charge in [-0.1, -0.05) is 23.7 Å². The van der Waals surface area contributed by atoms with Crippen LogP contribution in [0.15, 0.2) is 36.7 Å². The summed E-state index contributed by atoms with van der Waals surface area (Å²) in [5, 5.41) is 18.5. The van der Waals surface area contributed by atoms with Crippen LogP contribution >= 0.6 is 11.6 Å². The number of hydrogen-bond donors (Lipinski definition) is 2. The highest BCUT2D eigenvalue weighted by molar-refractivity contribution is 6.30. The molecule has 2 aromatic rings. The van der Waals surface area contributed by atoms with Gasteiger partial charge in [-0.2, -0.15) is 5.10 Å². The first-order chi connectivity index (χ1) is 9.97. The lowest BCUT2D eigenvalue weighted by molar-refractivity contribution is 0.171. The molecule has 1 aromatic heterocycles. The molecule has 0 bridgehead atoms. The van der Waals surface area contributed by atoms with Crippen LogP contribution in [0, 0.1) is 0 Å². The van der Waals surface area contributed by atoms with E-state index >= 15 is 0 Å². The number of aliphatic hydroxyl groups excluding tert-OH is 1. The standard InChI is InChI=1S/C16H22ClN3O/c1-11(2)20-10-14(8-19-20)12(3)18-9-16(21)13-4-6-15(17)7-5-13/h4-8,10-12,16,18,21H,9H2,1-3H3. The summed E-state index contributed by atoms with van der Waals surface area (Å²) in [5.74, 6) is 0. The van der Waals surface area contributed by atoms with Crippen LogP contribution in [0.4, 0.5) is 0 Å². The molecular weight excluding hydrogens is 286 g/mol. The van der Waals surface area contributed by atoms with Gasteiger partial charge in [0.25, 0.3) is 0 Å². The minimum absolute atomic E-state index is 0.138. The summed E-state index contributed by atoms with van der Waals surface area (Å²) in [7, 11) is 0. The summed E-state index contributed by atoms with van der Waals surface area (Å²) in [6.07, 6.45) is 3.36. The van der Waals surface area contributed by atoms with Gasteiger partial charge in [-0.3, -0.25) is 4.68 Å². The van der Waals surface area contributed by atoms with Gasteiger partial charge in [-0.15, -0.1) is 0 Å². The lowest BCUT2D eigenvalue weighted by atomic mass is 10.1. The number of rotatable bonds is 6. The Morgan fingerprint density at radius 1 is 1.19 bits per heavy atom. The molecule has 0 aliphatic heterocycles. The molecular formula is C16H22ClN3O. The van der Waals surface area contributed by atoms with Gasteiger partial charge < -0.3 is 10.4 Å². The Morgan fingerprint density at radius 2 is 1.86 bits per heavy atom. The average molecular weight is 308 g/mol. The van der Waals surface area contributed by atoms with Crippen LogP contribution in [0.3, 0.4) is 0 Å². The molecule has 1 aromatic carbocycles. The van der Waals surface area contributed by atoms with Gasteiger partial charge in [0.05, 0.1) is 12.3 Å². The maximum Gasteiger partial charge on any atom is 0.0914 e. The van der Waals surface area contributed by atoms with Gasteiger partial charge in [0.2, 0.25) is 0 Å². The van der Waals surface area contributed by atoms with Crippen molar-refractivity contribution < 1.29 is 5.11 Å². The summed E-state index contributed by atoms with van der Waals surface area (Å²) in [5.41, 5.74) is 1.98. The van der Waals surface area contributed by atoms with E-state index < -0.39 is 6.10 Å². The number of nitrogens with zero attached hydrogens (tertiary/aromatic N) is 2. The summed E-state index contributed by atoms with van der Waals surface area (Å²) >= 11 is 5.85. The Bertz CT molecular complexity index is 565. The topological polar surface area (TPSA) is 50.1 Å². The fraction of sp³-hybridized carbons (Fsp3) is 0.438. The first-order valence-corrected chi connectivity index (χ1v) is 7.56. The first-order valence-electron chi connectivity index (χ1n) is 7.18. The van der Waals surface area contributed by atoms with Crippen LogP contribution in [0.25, 0.3) is 0 Å². The average Bonchev–Trinajstić information content (AvgIpc) is 2.95. The predicted molar refractivity (Wildman–Crippen MR) is 85.4 cm³/mol. The van der Waals surface area contributed by atoms with E-state index in [1.807, 2.05) is 29.2 Å². The Balaban J connectivity index is 1.90. The third-order valence-electron chi connectivity index (χ3n) is 3.52. The minimum atomic E-state index is -0.551. The van der Waals surface area contributed by atoms with E-state index in [0.717, 1.165) is 11.1 Å². The SMILES string of the molecule is CC(NCC(O)c1ccc(Cl)cc1)c1cnn(C(C)C)c1. The largest absolute Gasteiger partial charge is 0.387 e. The second kappa shape index (κ2) is 7.07. The third kappa shape index (κ3) is 4.30. The molecule has 0 amide bonds. The van der Waals surface area contributed by atoms with E-state index in [9.17, 15) is 5.11 Å². The van der Waals surface area contributed by atoms with Crippen molar-refractivity contribution in [1.82, 2.24) is 15.1 Å². The van der Waals surface area contributed by atoms with Crippen LogP contribution < -0.4 is 5.32 Å². The lowest BCUT2D eigenvalue weighted by Crippen LogP contribution is -2.24. The monoisotopic (exact) mass is 307 g/mol. The van der Waals surface area contributed by atoms with Gasteiger partial charge in [0.15, 0.2) is 0 Å². The van der Waals surface area contributed by atoms with Gasteiger partial charge in [-0.25, -0.2) is 0 Å². The normalized spacial score (nSPS) is 14.4. The van der Waals surface area contributed by atoms with Crippen LogP contribution in [-0.2, 0) is 0 Å². The zero-order valence-electron chi connectivity index (χ0n) is 12.6. The molecule has 2 atom stereocenters. The number of nitrogens with one attached hydrogen (secondary N) is 1. The number of halogens is 1. The van der Waals surface area contributed by atoms with Crippen LogP contribution in [0.2, 0.25) is 5.02 Å². The minimum Gasteiger partial charge on any atom is -0.387 e. The zero-order chi connectivity index (χ0) is 15.4. The number of aromatic nitrogens is 2. The molecule has 0 saturated carbocycles. The maximum atomic E-state index is 10.2. The fourth-order valence-corrected chi connectivity index (χ4v) is 2.19. The summed E-state index contributed by atoms with van der Waals surface area (Å²) in [6.45, 7) is 6.74. The molecule has 0 radical (unpaired) electrons. The highest BCUT2D eigenvalue weighted by Crippen LogP contribution is 2.18. The summed E-state index contributed by atoms with van der Waals surface area (Å²) < 4.78 is 1.93. The maximum absolute atomic E-state index is 10.2. The van der Waals surface area contributed by atoms with Crippen molar-refractivity contribution in [1.29, 1.82) is 0 Å². The highest BCUT2D eigenvalue weighted by Gasteiger charge is 2.12. The highest BCUT2D eigenvalue weighted by atomic mass is 35.5. The summed E-state index contributed by atoms with van der Waals surface area (Å²) in [6, 6.07) is 7.75. The van der Waals surface area contributed by atoms with Crippen molar-refractivity contribution in [2.24, 2.45) is 0 Å². The van der Waals surface area contributed by atoms with Crippen LogP contribution in [0.5, 0.6) is 0 Å². The molecule has 0 saturated heterocycles. The van der Waals surface area contributed by atoms with E-state index in [1.165, 1.54) is 0 Å². The van der Waals surface area contributed by atoms with Crippen LogP contribution in [0.1, 0.15) is 50.1 Å². The number of hydrogen-bond acceptors (Lipinski definition) is 3. The van der Waals surface area contributed by atoms with Gasteiger partial charge in [0.1, 0.15) is 0 Å². The molecule has 0 fully saturated rings. The molecule has 2 rings (SSSR count). The quantitative estimate of drug-likeness (QED) is 0.858. The van der Waals surface area contributed by atoms with Crippen molar-refractivity contribution in [2.75, 3.05) is 6.54 Å². The molecule has 0 spiro atoms. The second-order valence-corrected chi connectivity index (χ2v) is 5.98. The molecule has 0 aliphatic carbocycles. The molecule has 21 heavy (non-hydrogen) atoms. The molecule has 4 nitrogen and oxygen atoms in total. The lowest BCUT2D eigenvalue weighted by Gasteiger charge is -2.16. The Morgan fingerprint density at radius 3 is 2.43 bits per heavy atom. The fourth-order valence-electron chi connectivity index (χ4n) is 2.07. The molecule has 114 valence electrons. The van der Waals surface area contributed by atoms with E-state index in [0.29, 0.717) is 17.6 Å². The van der Waals surface area contributed by atoms with E-state index in [2.05, 4.69) is 31.2 Å².